The molecule has 2 aromatic rings. The summed E-state index contributed by atoms with van der Waals surface area (Å²) in [6, 6.07) is 12.2. The Morgan fingerprint density at radius 2 is 1.80 bits per heavy atom. The Kier molecular flexibility index (Phi) is 6.22. The number of hydrogen-bond acceptors (Lipinski definition) is 4. The minimum Gasteiger partial charge on any atom is -0.496 e. The summed E-state index contributed by atoms with van der Waals surface area (Å²) in [5.41, 5.74) is 3.64. The van der Waals surface area contributed by atoms with Gasteiger partial charge in [0.05, 0.1) is 19.1 Å². The van der Waals surface area contributed by atoms with Crippen LogP contribution in [0, 0.1) is 5.82 Å². The second kappa shape index (κ2) is 8.58. The Hall–Kier alpha value is -3.22. The van der Waals surface area contributed by atoms with Crippen molar-refractivity contribution in [3.05, 3.63) is 59.9 Å². The maximum absolute atomic E-state index is 12.8. The van der Waals surface area contributed by atoms with Crippen LogP contribution in [-0.2, 0) is 4.79 Å². The summed E-state index contributed by atoms with van der Waals surface area (Å²) >= 11 is 0. The van der Waals surface area contributed by atoms with Crippen molar-refractivity contribution in [2.24, 2.45) is 5.10 Å². The molecule has 130 valence electrons. The number of amides is 2. The molecule has 25 heavy (non-hydrogen) atoms. The third-order valence-corrected chi connectivity index (χ3v) is 3.24. The molecular formula is C18H18FN3O3. The van der Waals surface area contributed by atoms with E-state index in [1.54, 1.807) is 31.2 Å². The molecule has 0 fully saturated rings. The number of rotatable bonds is 6. The van der Waals surface area contributed by atoms with E-state index in [9.17, 15) is 14.0 Å². The Bertz CT molecular complexity index is 788. The summed E-state index contributed by atoms with van der Waals surface area (Å²) in [6.07, 6.45) is -0.0103. The maximum atomic E-state index is 12.8. The fourth-order valence-corrected chi connectivity index (χ4v) is 2.05. The van der Waals surface area contributed by atoms with Crippen LogP contribution in [-0.4, -0.2) is 24.6 Å². The van der Waals surface area contributed by atoms with Crippen LogP contribution < -0.4 is 15.5 Å². The maximum Gasteiger partial charge on any atom is 0.275 e. The van der Waals surface area contributed by atoms with Crippen LogP contribution in [0.5, 0.6) is 5.75 Å². The standard InChI is InChI=1S/C18H18FN3O3/c1-12(11-17(23)20-14-9-7-13(19)8-10-14)21-22-18(24)15-5-3-4-6-16(15)25-2/h3-10H,11H2,1-2H3,(H,20,23)(H,22,24)/b21-12-. The second-order valence-electron chi connectivity index (χ2n) is 5.22. The van der Waals surface area contributed by atoms with E-state index >= 15 is 0 Å². The fraction of sp³-hybridized carbons (Fsp3) is 0.167. The van der Waals surface area contributed by atoms with E-state index in [0.29, 0.717) is 22.7 Å². The van der Waals surface area contributed by atoms with Gasteiger partial charge >= 0.3 is 0 Å². The van der Waals surface area contributed by atoms with E-state index in [1.807, 2.05) is 0 Å². The van der Waals surface area contributed by atoms with Crippen molar-refractivity contribution < 1.29 is 18.7 Å². The molecule has 0 aliphatic carbocycles. The highest BCUT2D eigenvalue weighted by Gasteiger charge is 2.11. The minimum absolute atomic E-state index is 0.0103. The number of nitrogens with one attached hydrogen (secondary N) is 2. The summed E-state index contributed by atoms with van der Waals surface area (Å²) in [7, 11) is 1.47. The van der Waals surface area contributed by atoms with Crippen molar-refractivity contribution in [2.75, 3.05) is 12.4 Å². The van der Waals surface area contributed by atoms with E-state index in [4.69, 9.17) is 4.74 Å². The lowest BCUT2D eigenvalue weighted by molar-refractivity contribution is -0.115. The highest BCUT2D eigenvalue weighted by Crippen LogP contribution is 2.16. The number of benzene rings is 2. The number of para-hydroxylation sites is 1. The number of halogens is 1. The molecule has 0 spiro atoms. The lowest BCUT2D eigenvalue weighted by Crippen LogP contribution is -2.22. The number of nitrogens with zero attached hydrogens (tertiary/aromatic N) is 1. The first kappa shape index (κ1) is 18.1. The van der Waals surface area contributed by atoms with Crippen LogP contribution in [0.4, 0.5) is 10.1 Å². The first-order valence-electron chi connectivity index (χ1n) is 7.51. The van der Waals surface area contributed by atoms with Crippen LogP contribution in [0.25, 0.3) is 0 Å². The number of ether oxygens (including phenoxy) is 1. The zero-order valence-corrected chi connectivity index (χ0v) is 13.9. The fourth-order valence-electron chi connectivity index (χ4n) is 2.05. The first-order chi connectivity index (χ1) is 12.0. The summed E-state index contributed by atoms with van der Waals surface area (Å²) in [5, 5.41) is 6.53. The van der Waals surface area contributed by atoms with Gasteiger partial charge in [-0.1, -0.05) is 12.1 Å². The average Bonchev–Trinajstić information content (AvgIpc) is 2.61. The molecule has 2 N–H and O–H groups in total. The lowest BCUT2D eigenvalue weighted by Gasteiger charge is -2.07. The molecule has 0 saturated heterocycles. The van der Waals surface area contributed by atoms with Crippen LogP contribution >= 0.6 is 0 Å². The van der Waals surface area contributed by atoms with Gasteiger partial charge in [-0.15, -0.1) is 0 Å². The first-order valence-corrected chi connectivity index (χ1v) is 7.51. The van der Waals surface area contributed by atoms with E-state index in [0.717, 1.165) is 0 Å². The van der Waals surface area contributed by atoms with Gasteiger partial charge in [-0.05, 0) is 43.3 Å². The Morgan fingerprint density at radius 1 is 1.12 bits per heavy atom. The van der Waals surface area contributed by atoms with Crippen molar-refractivity contribution in [3.63, 3.8) is 0 Å². The molecule has 6 nitrogen and oxygen atoms in total. The number of methoxy groups -OCH3 is 1. The normalized spacial score (nSPS) is 10.9. The monoisotopic (exact) mass is 343 g/mol. The van der Waals surface area contributed by atoms with Crippen molar-refractivity contribution >= 4 is 23.2 Å². The highest BCUT2D eigenvalue weighted by molar-refractivity contribution is 6.06. The summed E-state index contributed by atoms with van der Waals surface area (Å²) < 4.78 is 17.9. The van der Waals surface area contributed by atoms with Crippen LogP contribution in [0.2, 0.25) is 0 Å². The number of anilines is 1. The molecule has 0 bridgehead atoms. The smallest absolute Gasteiger partial charge is 0.275 e. The zero-order valence-electron chi connectivity index (χ0n) is 13.9. The Balaban J connectivity index is 1.91. The van der Waals surface area contributed by atoms with Gasteiger partial charge in [0.25, 0.3) is 5.91 Å². The largest absolute Gasteiger partial charge is 0.496 e. The van der Waals surface area contributed by atoms with Gasteiger partial charge in [0.15, 0.2) is 0 Å². The van der Waals surface area contributed by atoms with Gasteiger partial charge in [-0.25, -0.2) is 9.82 Å². The molecule has 0 aliphatic heterocycles. The predicted octanol–water partition coefficient (Wildman–Crippen LogP) is 2.97. The van der Waals surface area contributed by atoms with Crippen LogP contribution in [0.1, 0.15) is 23.7 Å². The van der Waals surface area contributed by atoms with E-state index in [2.05, 4.69) is 15.8 Å². The molecule has 2 rings (SSSR count). The molecular weight excluding hydrogens is 325 g/mol. The van der Waals surface area contributed by atoms with Crippen molar-refractivity contribution in [1.29, 1.82) is 0 Å². The molecule has 0 aliphatic rings. The van der Waals surface area contributed by atoms with Crippen LogP contribution in [0.3, 0.4) is 0 Å². The third-order valence-electron chi connectivity index (χ3n) is 3.24. The Morgan fingerprint density at radius 3 is 2.48 bits per heavy atom. The van der Waals surface area contributed by atoms with E-state index < -0.39 is 5.91 Å². The predicted molar refractivity (Wildman–Crippen MR) is 93.2 cm³/mol. The topological polar surface area (TPSA) is 79.8 Å². The van der Waals surface area contributed by atoms with Crippen molar-refractivity contribution in [1.82, 2.24) is 5.43 Å². The number of carbonyl (C=O) groups excluding carboxylic acids is 2. The third kappa shape index (κ3) is 5.42. The molecule has 2 amide bonds. The minimum atomic E-state index is -0.434. The summed E-state index contributed by atoms with van der Waals surface area (Å²) in [4.78, 5) is 24.0. The van der Waals surface area contributed by atoms with Gasteiger partial charge in [0.2, 0.25) is 5.91 Å². The second-order valence-corrected chi connectivity index (χ2v) is 5.22. The van der Waals surface area contributed by atoms with Gasteiger partial charge in [0, 0.05) is 11.4 Å². The van der Waals surface area contributed by atoms with Gasteiger partial charge in [0.1, 0.15) is 11.6 Å². The number of carbonyl (C=O) groups is 2. The molecule has 0 saturated carbocycles. The molecule has 0 aromatic heterocycles. The number of hydrogen-bond donors (Lipinski definition) is 2. The highest BCUT2D eigenvalue weighted by atomic mass is 19.1. The van der Waals surface area contributed by atoms with Gasteiger partial charge in [-0.3, -0.25) is 9.59 Å². The van der Waals surface area contributed by atoms with Gasteiger partial charge < -0.3 is 10.1 Å². The molecule has 0 atom stereocenters. The molecule has 0 radical (unpaired) electrons. The van der Waals surface area contributed by atoms with Crippen LogP contribution in [0.15, 0.2) is 53.6 Å². The quantitative estimate of drug-likeness (QED) is 0.625. The Labute approximate surface area is 144 Å². The molecule has 7 heteroatoms. The molecule has 0 heterocycles. The van der Waals surface area contributed by atoms with Crippen molar-refractivity contribution in [3.8, 4) is 5.75 Å². The average molecular weight is 343 g/mol. The van der Waals surface area contributed by atoms with E-state index in [-0.39, 0.29) is 18.1 Å². The molecule has 2 aromatic carbocycles. The summed E-state index contributed by atoms with van der Waals surface area (Å²) in [6.45, 7) is 1.62. The van der Waals surface area contributed by atoms with Crippen molar-refractivity contribution in [2.45, 2.75) is 13.3 Å². The lowest BCUT2D eigenvalue weighted by atomic mass is 10.2. The van der Waals surface area contributed by atoms with E-state index in [1.165, 1.54) is 31.4 Å². The zero-order chi connectivity index (χ0) is 18.2. The van der Waals surface area contributed by atoms with Gasteiger partial charge in [-0.2, -0.15) is 5.10 Å². The summed E-state index contributed by atoms with van der Waals surface area (Å²) in [5.74, 6) is -0.702. The molecule has 0 unspecified atom stereocenters. The number of hydrazone groups is 1. The SMILES string of the molecule is COc1ccccc1C(=O)N/N=C(/C)CC(=O)Nc1ccc(F)cc1.